The van der Waals surface area contributed by atoms with Crippen LogP contribution in [-0.4, -0.2) is 32.0 Å². The number of nitrogens with one attached hydrogen (secondary N) is 1. The molecule has 4 nitrogen and oxygen atoms in total. The average Bonchev–Trinajstić information content (AvgIpc) is 2.56. The van der Waals surface area contributed by atoms with Crippen LogP contribution in [0.25, 0.3) is 0 Å². The Bertz CT molecular complexity index is 510. The molecular weight excluding hydrogens is 248 g/mol. The highest BCUT2D eigenvalue weighted by Gasteiger charge is 2.37. The molecule has 1 aliphatic rings. The van der Waals surface area contributed by atoms with Gasteiger partial charge in [0.15, 0.2) is 9.84 Å². The van der Waals surface area contributed by atoms with E-state index in [1.807, 2.05) is 31.2 Å². The van der Waals surface area contributed by atoms with Gasteiger partial charge in [-0.05, 0) is 44.0 Å². The van der Waals surface area contributed by atoms with Gasteiger partial charge in [-0.15, -0.1) is 0 Å². The molecule has 18 heavy (non-hydrogen) atoms. The van der Waals surface area contributed by atoms with Crippen molar-refractivity contribution >= 4 is 15.5 Å². The van der Waals surface area contributed by atoms with Crippen molar-refractivity contribution in [3.63, 3.8) is 0 Å². The molecule has 100 valence electrons. The van der Waals surface area contributed by atoms with Crippen LogP contribution in [0.5, 0.6) is 0 Å². The molecule has 1 unspecified atom stereocenters. The maximum absolute atomic E-state index is 11.5. The fourth-order valence-electron chi connectivity index (χ4n) is 2.34. The number of hydrogen-bond acceptors (Lipinski definition) is 4. The molecule has 0 aromatic heterocycles. The van der Waals surface area contributed by atoms with Gasteiger partial charge in [0.1, 0.15) is 0 Å². The molecule has 5 heteroatoms. The Labute approximate surface area is 108 Å². The van der Waals surface area contributed by atoms with Gasteiger partial charge in [0.05, 0.1) is 11.5 Å². The highest BCUT2D eigenvalue weighted by atomic mass is 32.2. The summed E-state index contributed by atoms with van der Waals surface area (Å²) in [6.07, 6.45) is 1.59. The van der Waals surface area contributed by atoms with Crippen molar-refractivity contribution in [2.45, 2.75) is 25.3 Å². The minimum absolute atomic E-state index is 0.252. The average molecular weight is 268 g/mol. The first kappa shape index (κ1) is 13.4. The molecule has 0 amide bonds. The largest absolute Gasteiger partial charge is 0.399 e. The summed E-state index contributed by atoms with van der Waals surface area (Å²) in [4.78, 5) is 0. The van der Waals surface area contributed by atoms with E-state index in [9.17, 15) is 8.42 Å². The highest BCUT2D eigenvalue weighted by molar-refractivity contribution is 7.91. The smallest absolute Gasteiger partial charge is 0.152 e. The van der Waals surface area contributed by atoms with E-state index >= 15 is 0 Å². The molecule has 0 spiro atoms. The van der Waals surface area contributed by atoms with Crippen molar-refractivity contribution in [3.8, 4) is 0 Å². The summed E-state index contributed by atoms with van der Waals surface area (Å²) in [5.74, 6) is 0.556. The summed E-state index contributed by atoms with van der Waals surface area (Å²) in [6.45, 7) is 2.77. The Morgan fingerprint density at radius 2 is 2.00 bits per heavy atom. The van der Waals surface area contributed by atoms with E-state index in [0.717, 1.165) is 18.7 Å². The second-order valence-corrected chi connectivity index (χ2v) is 7.51. The van der Waals surface area contributed by atoms with Gasteiger partial charge in [0, 0.05) is 11.2 Å². The Morgan fingerprint density at radius 3 is 2.56 bits per heavy atom. The van der Waals surface area contributed by atoms with E-state index in [1.165, 1.54) is 5.56 Å². The number of hydrogen-bond donors (Lipinski definition) is 2. The van der Waals surface area contributed by atoms with E-state index in [4.69, 9.17) is 5.73 Å². The minimum atomic E-state index is -2.83. The van der Waals surface area contributed by atoms with Crippen LogP contribution in [0.15, 0.2) is 24.3 Å². The van der Waals surface area contributed by atoms with Crippen molar-refractivity contribution in [1.82, 2.24) is 5.32 Å². The monoisotopic (exact) mass is 268 g/mol. The van der Waals surface area contributed by atoms with E-state index < -0.39 is 9.84 Å². The van der Waals surface area contributed by atoms with Gasteiger partial charge in [0.25, 0.3) is 0 Å². The number of nitrogen functional groups attached to an aromatic ring is 1. The minimum Gasteiger partial charge on any atom is -0.399 e. The van der Waals surface area contributed by atoms with Gasteiger partial charge in [-0.3, -0.25) is 0 Å². The van der Waals surface area contributed by atoms with Crippen molar-refractivity contribution < 1.29 is 8.42 Å². The topological polar surface area (TPSA) is 72.2 Å². The molecular formula is C13H20N2O2S. The van der Waals surface area contributed by atoms with Crippen LogP contribution >= 0.6 is 0 Å². The third kappa shape index (κ3) is 3.46. The number of rotatable bonds is 4. The standard InChI is InChI=1S/C13H20N2O2S/c1-13(7-9-18(16,17)10-13)15-8-6-11-2-4-12(14)5-3-11/h2-5,15H,6-10,14H2,1H3. The van der Waals surface area contributed by atoms with Crippen LogP contribution in [-0.2, 0) is 16.3 Å². The van der Waals surface area contributed by atoms with E-state index in [2.05, 4.69) is 5.32 Å². The molecule has 0 radical (unpaired) electrons. The van der Waals surface area contributed by atoms with Gasteiger partial charge in [-0.1, -0.05) is 12.1 Å². The molecule has 0 bridgehead atoms. The molecule has 0 aliphatic carbocycles. The van der Waals surface area contributed by atoms with Crippen molar-refractivity contribution in [1.29, 1.82) is 0 Å². The Balaban J connectivity index is 1.84. The predicted molar refractivity (Wildman–Crippen MR) is 74.2 cm³/mol. The van der Waals surface area contributed by atoms with Gasteiger partial charge in [-0.25, -0.2) is 8.42 Å². The van der Waals surface area contributed by atoms with Crippen molar-refractivity contribution in [2.24, 2.45) is 0 Å². The molecule has 1 atom stereocenters. The third-order valence-corrected chi connectivity index (χ3v) is 5.35. The lowest BCUT2D eigenvalue weighted by molar-refractivity contribution is 0.401. The van der Waals surface area contributed by atoms with Crippen LogP contribution < -0.4 is 11.1 Å². The zero-order chi connectivity index (χ0) is 13.2. The summed E-state index contributed by atoms with van der Waals surface area (Å²) in [5.41, 5.74) is 7.34. The van der Waals surface area contributed by atoms with Gasteiger partial charge >= 0.3 is 0 Å². The number of anilines is 1. The van der Waals surface area contributed by atoms with E-state index in [0.29, 0.717) is 12.2 Å². The molecule has 0 saturated carbocycles. The molecule has 1 saturated heterocycles. The fourth-order valence-corrected chi connectivity index (χ4v) is 4.47. The predicted octanol–water partition coefficient (Wildman–Crippen LogP) is 0.978. The molecule has 1 aromatic rings. The second-order valence-electron chi connectivity index (χ2n) is 5.32. The number of benzene rings is 1. The van der Waals surface area contributed by atoms with Crippen LogP contribution in [0.2, 0.25) is 0 Å². The van der Waals surface area contributed by atoms with Crippen molar-refractivity contribution in [2.75, 3.05) is 23.8 Å². The quantitative estimate of drug-likeness (QED) is 0.798. The lowest BCUT2D eigenvalue weighted by Gasteiger charge is -2.23. The Kier molecular flexibility index (Phi) is 3.64. The normalized spacial score (nSPS) is 26.3. The van der Waals surface area contributed by atoms with Crippen molar-refractivity contribution in [3.05, 3.63) is 29.8 Å². The van der Waals surface area contributed by atoms with E-state index in [-0.39, 0.29) is 11.3 Å². The van der Waals surface area contributed by atoms with Crippen LogP contribution in [0.4, 0.5) is 5.69 Å². The Morgan fingerprint density at radius 1 is 1.33 bits per heavy atom. The third-order valence-electron chi connectivity index (χ3n) is 3.45. The van der Waals surface area contributed by atoms with Crippen LogP contribution in [0, 0.1) is 0 Å². The fraction of sp³-hybridized carbons (Fsp3) is 0.538. The maximum Gasteiger partial charge on any atom is 0.152 e. The van der Waals surface area contributed by atoms with Crippen LogP contribution in [0.3, 0.4) is 0 Å². The molecule has 1 heterocycles. The summed E-state index contributed by atoms with van der Waals surface area (Å²) in [6, 6.07) is 7.78. The highest BCUT2D eigenvalue weighted by Crippen LogP contribution is 2.22. The second kappa shape index (κ2) is 4.90. The van der Waals surface area contributed by atoms with Gasteiger partial charge in [0.2, 0.25) is 0 Å². The lowest BCUT2D eigenvalue weighted by atomic mass is 10.0. The summed E-state index contributed by atoms with van der Waals surface area (Å²) in [5, 5.41) is 3.37. The molecule has 1 aromatic carbocycles. The molecule has 1 aliphatic heterocycles. The number of sulfone groups is 1. The summed E-state index contributed by atoms with van der Waals surface area (Å²) >= 11 is 0. The van der Waals surface area contributed by atoms with Gasteiger partial charge < -0.3 is 11.1 Å². The SMILES string of the molecule is CC1(NCCc2ccc(N)cc2)CCS(=O)(=O)C1. The first-order valence-corrected chi connectivity index (χ1v) is 8.01. The van der Waals surface area contributed by atoms with E-state index in [1.54, 1.807) is 0 Å². The Hall–Kier alpha value is -1.07. The zero-order valence-electron chi connectivity index (χ0n) is 10.6. The van der Waals surface area contributed by atoms with Crippen LogP contribution in [0.1, 0.15) is 18.9 Å². The lowest BCUT2D eigenvalue weighted by Crippen LogP contribution is -2.44. The first-order chi connectivity index (χ1) is 8.39. The zero-order valence-corrected chi connectivity index (χ0v) is 11.5. The summed E-state index contributed by atoms with van der Waals surface area (Å²) < 4.78 is 22.9. The summed E-state index contributed by atoms with van der Waals surface area (Å²) in [7, 11) is -2.83. The maximum atomic E-state index is 11.5. The molecule has 3 N–H and O–H groups in total. The molecule has 1 fully saturated rings. The number of nitrogens with two attached hydrogens (primary N) is 1. The first-order valence-electron chi connectivity index (χ1n) is 6.18. The van der Waals surface area contributed by atoms with Gasteiger partial charge in [-0.2, -0.15) is 0 Å². The molecule has 2 rings (SSSR count).